The van der Waals surface area contributed by atoms with Gasteiger partial charge in [-0.3, -0.25) is 0 Å². The van der Waals surface area contributed by atoms with E-state index in [-0.39, 0.29) is 0 Å². The molecule has 0 radical (unpaired) electrons. The monoisotopic (exact) mass is 877 g/mol. The highest BCUT2D eigenvalue weighted by atomic mass is 15.1. The van der Waals surface area contributed by atoms with Gasteiger partial charge >= 0.3 is 0 Å². The standard InChI is InChI=1S/C68H47N/c1-5-17-48(18-6-1)50-29-31-51(32-30-50)52-33-39-59(40-34-52)69(60-41-35-55(36-42-60)65-45-57-25-13-14-26-62(57)63-27-15-16-28-64(63)65)61-43-37-56(38-44-61)68-66(53-21-9-3-10-22-53)46-58(49-19-7-2-8-20-49)47-67(68)54-23-11-4-12-24-54/h1-47H. The molecule has 12 rings (SSSR count). The molecule has 0 N–H and O–H groups in total. The smallest absolute Gasteiger partial charge is 0.0462 e. The van der Waals surface area contributed by atoms with Gasteiger partial charge in [0.1, 0.15) is 0 Å². The van der Waals surface area contributed by atoms with Crippen molar-refractivity contribution < 1.29 is 0 Å². The van der Waals surface area contributed by atoms with Gasteiger partial charge in [0.25, 0.3) is 0 Å². The summed E-state index contributed by atoms with van der Waals surface area (Å²) in [7, 11) is 0. The van der Waals surface area contributed by atoms with E-state index in [4.69, 9.17) is 0 Å². The van der Waals surface area contributed by atoms with Gasteiger partial charge in [0.15, 0.2) is 0 Å². The summed E-state index contributed by atoms with van der Waals surface area (Å²) in [6, 6.07) is 104. The summed E-state index contributed by atoms with van der Waals surface area (Å²) >= 11 is 0. The van der Waals surface area contributed by atoms with Crippen molar-refractivity contribution in [3.8, 4) is 77.9 Å². The van der Waals surface area contributed by atoms with Crippen molar-refractivity contribution in [3.05, 3.63) is 285 Å². The summed E-state index contributed by atoms with van der Waals surface area (Å²) in [5.41, 5.74) is 20.0. The Hall–Kier alpha value is -9.04. The third kappa shape index (κ3) is 8.18. The minimum absolute atomic E-state index is 1.08. The van der Waals surface area contributed by atoms with Crippen LogP contribution in [0.1, 0.15) is 0 Å². The predicted molar refractivity (Wildman–Crippen MR) is 294 cm³/mol. The second-order valence-corrected chi connectivity index (χ2v) is 17.7. The highest BCUT2D eigenvalue weighted by molar-refractivity contribution is 6.13. The van der Waals surface area contributed by atoms with Crippen LogP contribution in [-0.4, -0.2) is 0 Å². The maximum Gasteiger partial charge on any atom is 0.0462 e. The number of hydrogen-bond acceptors (Lipinski definition) is 1. The second kappa shape index (κ2) is 18.3. The van der Waals surface area contributed by atoms with E-state index in [1.165, 1.54) is 93.9 Å². The Labute approximate surface area is 404 Å². The van der Waals surface area contributed by atoms with E-state index in [0.29, 0.717) is 0 Å². The summed E-state index contributed by atoms with van der Waals surface area (Å²) in [6.45, 7) is 0. The largest absolute Gasteiger partial charge is 0.311 e. The Morgan fingerprint density at radius 1 is 0.188 bits per heavy atom. The van der Waals surface area contributed by atoms with Crippen molar-refractivity contribution in [1.29, 1.82) is 0 Å². The molecule has 1 heteroatoms. The highest BCUT2D eigenvalue weighted by Gasteiger charge is 2.20. The second-order valence-electron chi connectivity index (χ2n) is 17.7. The molecule has 0 saturated heterocycles. The zero-order valence-electron chi connectivity index (χ0n) is 38.1. The Morgan fingerprint density at radius 3 is 0.986 bits per heavy atom. The van der Waals surface area contributed by atoms with E-state index in [2.05, 4.69) is 290 Å². The van der Waals surface area contributed by atoms with Crippen LogP contribution in [0.4, 0.5) is 17.1 Å². The lowest BCUT2D eigenvalue weighted by molar-refractivity contribution is 1.28. The van der Waals surface area contributed by atoms with E-state index in [0.717, 1.165) is 22.6 Å². The van der Waals surface area contributed by atoms with Crippen molar-refractivity contribution in [3.63, 3.8) is 0 Å². The fourth-order valence-corrected chi connectivity index (χ4v) is 10.0. The molecular formula is C68H47N. The Bertz CT molecular complexity index is 3630. The van der Waals surface area contributed by atoms with Crippen molar-refractivity contribution in [2.45, 2.75) is 0 Å². The SMILES string of the molecule is c1ccc(-c2ccc(-c3ccc(N(c4ccc(-c5c(-c6ccccc6)cc(-c6ccccc6)cc5-c5ccccc5)cc4)c4ccc(-c5cc6ccccc6c6ccccc56)cc4)cc3)cc2)cc1. The van der Waals surface area contributed by atoms with Crippen molar-refractivity contribution >= 4 is 38.6 Å². The van der Waals surface area contributed by atoms with Gasteiger partial charge in [-0.05, 0) is 154 Å². The molecule has 0 saturated carbocycles. The van der Waals surface area contributed by atoms with Crippen LogP contribution in [0, 0.1) is 0 Å². The van der Waals surface area contributed by atoms with Crippen LogP contribution in [0.3, 0.4) is 0 Å². The minimum Gasteiger partial charge on any atom is -0.311 e. The lowest BCUT2D eigenvalue weighted by atomic mass is 9.84. The van der Waals surface area contributed by atoms with E-state index in [1.807, 2.05) is 0 Å². The molecule has 0 atom stereocenters. The van der Waals surface area contributed by atoms with Crippen LogP contribution in [0.15, 0.2) is 285 Å². The maximum atomic E-state index is 2.38. The molecule has 0 amide bonds. The summed E-state index contributed by atoms with van der Waals surface area (Å²) in [4.78, 5) is 2.38. The molecule has 1 nitrogen and oxygen atoms in total. The van der Waals surface area contributed by atoms with Gasteiger partial charge in [-0.15, -0.1) is 0 Å². The molecule has 0 fully saturated rings. The van der Waals surface area contributed by atoms with E-state index < -0.39 is 0 Å². The van der Waals surface area contributed by atoms with Crippen molar-refractivity contribution in [2.24, 2.45) is 0 Å². The normalized spacial score (nSPS) is 11.2. The van der Waals surface area contributed by atoms with Gasteiger partial charge in [-0.25, -0.2) is 0 Å². The van der Waals surface area contributed by atoms with E-state index in [9.17, 15) is 0 Å². The predicted octanol–water partition coefficient (Wildman–Crippen LogP) is 19.1. The molecule has 12 aromatic carbocycles. The third-order valence-electron chi connectivity index (χ3n) is 13.5. The topological polar surface area (TPSA) is 3.24 Å². The van der Waals surface area contributed by atoms with E-state index >= 15 is 0 Å². The number of nitrogens with zero attached hydrogens (tertiary/aromatic N) is 1. The fourth-order valence-electron chi connectivity index (χ4n) is 10.0. The molecule has 0 aliphatic heterocycles. The Kier molecular flexibility index (Phi) is 11.0. The zero-order chi connectivity index (χ0) is 45.9. The average molecular weight is 878 g/mol. The average Bonchev–Trinajstić information content (AvgIpc) is 3.44. The maximum absolute atomic E-state index is 2.38. The summed E-state index contributed by atoms with van der Waals surface area (Å²) in [5, 5.41) is 5.04. The van der Waals surface area contributed by atoms with Gasteiger partial charge in [-0.1, -0.05) is 231 Å². The van der Waals surface area contributed by atoms with Gasteiger partial charge in [-0.2, -0.15) is 0 Å². The quantitative estimate of drug-likeness (QED) is 0.124. The molecule has 0 bridgehead atoms. The van der Waals surface area contributed by atoms with E-state index in [1.54, 1.807) is 0 Å². The molecule has 0 heterocycles. The Balaban J connectivity index is 0.973. The first-order chi connectivity index (χ1) is 34.2. The summed E-state index contributed by atoms with van der Waals surface area (Å²) in [5.74, 6) is 0. The lowest BCUT2D eigenvalue weighted by Crippen LogP contribution is -2.09. The molecule has 0 unspecified atom stereocenters. The number of benzene rings is 12. The highest BCUT2D eigenvalue weighted by Crippen LogP contribution is 2.45. The number of hydrogen-bond donors (Lipinski definition) is 0. The van der Waals surface area contributed by atoms with Crippen LogP contribution in [0.5, 0.6) is 0 Å². The van der Waals surface area contributed by atoms with Gasteiger partial charge in [0.2, 0.25) is 0 Å². The van der Waals surface area contributed by atoms with Crippen LogP contribution < -0.4 is 4.90 Å². The van der Waals surface area contributed by atoms with Crippen LogP contribution in [-0.2, 0) is 0 Å². The first-order valence-corrected chi connectivity index (χ1v) is 23.7. The van der Waals surface area contributed by atoms with Gasteiger partial charge in [0, 0.05) is 17.1 Å². The molecule has 0 spiro atoms. The number of rotatable bonds is 10. The molecule has 0 aliphatic carbocycles. The van der Waals surface area contributed by atoms with Crippen molar-refractivity contribution in [2.75, 3.05) is 4.90 Å². The number of anilines is 3. The minimum atomic E-state index is 1.08. The van der Waals surface area contributed by atoms with Gasteiger partial charge < -0.3 is 4.90 Å². The van der Waals surface area contributed by atoms with Crippen molar-refractivity contribution in [1.82, 2.24) is 0 Å². The third-order valence-corrected chi connectivity index (χ3v) is 13.5. The summed E-state index contributed by atoms with van der Waals surface area (Å²) < 4.78 is 0. The molecular weight excluding hydrogens is 831 g/mol. The molecule has 69 heavy (non-hydrogen) atoms. The molecule has 12 aromatic rings. The fraction of sp³-hybridized carbons (Fsp3) is 0. The van der Waals surface area contributed by atoms with Crippen LogP contribution in [0.2, 0.25) is 0 Å². The van der Waals surface area contributed by atoms with Crippen LogP contribution in [0.25, 0.3) is 99.4 Å². The first-order valence-electron chi connectivity index (χ1n) is 23.7. The van der Waals surface area contributed by atoms with Gasteiger partial charge in [0.05, 0.1) is 0 Å². The summed E-state index contributed by atoms with van der Waals surface area (Å²) in [6.07, 6.45) is 0. The molecule has 0 aromatic heterocycles. The van der Waals surface area contributed by atoms with Crippen LogP contribution >= 0.6 is 0 Å². The first kappa shape index (κ1) is 41.4. The zero-order valence-corrected chi connectivity index (χ0v) is 38.1. The molecule has 324 valence electrons. The Morgan fingerprint density at radius 2 is 0.507 bits per heavy atom. The number of fused-ring (bicyclic) bond motifs is 3. The lowest BCUT2D eigenvalue weighted by Gasteiger charge is -2.27. The molecule has 0 aliphatic rings.